The van der Waals surface area contributed by atoms with Crippen LogP contribution in [0.3, 0.4) is 0 Å². The first-order chi connectivity index (χ1) is 8.85. The first-order valence-corrected chi connectivity index (χ1v) is 10.6. The number of carbonyl (C=O) groups excluding carboxylic acids is 1. The summed E-state index contributed by atoms with van der Waals surface area (Å²) in [6.07, 6.45) is 10.8. The van der Waals surface area contributed by atoms with E-state index in [0.29, 0.717) is 6.42 Å². The Morgan fingerprint density at radius 2 is 1.95 bits per heavy atom. The number of unbranched alkanes of at least 4 members (excludes halogenated alkanes) is 2. The van der Waals surface area contributed by atoms with Gasteiger partial charge in [0.2, 0.25) is 0 Å². The van der Waals surface area contributed by atoms with E-state index in [2.05, 4.69) is 30.5 Å². The van der Waals surface area contributed by atoms with Gasteiger partial charge in [-0.05, 0) is 25.3 Å². The lowest BCUT2D eigenvalue weighted by Gasteiger charge is -2.17. The number of hydrogen-bond donors (Lipinski definition) is 1. The largest absolute Gasteiger partial charge is 0.469 e. The Bertz CT molecular complexity index is 303. The summed E-state index contributed by atoms with van der Waals surface area (Å²) in [7, 11) is 0.225. The van der Waals surface area contributed by atoms with Crippen LogP contribution in [0.4, 0.5) is 0 Å². The molecule has 0 saturated heterocycles. The highest BCUT2D eigenvalue weighted by molar-refractivity contribution is 6.76. The number of allylic oxidation sites excluding steroid dienone is 3. The van der Waals surface area contributed by atoms with Gasteiger partial charge in [-0.1, -0.05) is 43.9 Å². The van der Waals surface area contributed by atoms with Crippen LogP contribution in [-0.2, 0) is 9.53 Å². The molecule has 0 saturated carbocycles. The van der Waals surface area contributed by atoms with Crippen LogP contribution in [0.2, 0.25) is 25.7 Å². The Kier molecular flexibility index (Phi) is 9.52. The minimum atomic E-state index is -1.19. The number of carbonyl (C=O) groups is 1. The van der Waals surface area contributed by atoms with E-state index < -0.39 is 8.07 Å². The summed E-state index contributed by atoms with van der Waals surface area (Å²) in [6.45, 7) is 6.75. The SMILES string of the molecule is COC(=O)CCCC/C=C/C=C/[C@H](O)C[Si](C)(C)C. The van der Waals surface area contributed by atoms with E-state index in [4.69, 9.17) is 0 Å². The molecule has 1 N–H and O–H groups in total. The van der Waals surface area contributed by atoms with Crippen LogP contribution < -0.4 is 0 Å². The standard InChI is InChI=1S/C15H28O3Si/c1-18-15(17)12-10-8-6-5-7-9-11-14(16)13-19(2,3)4/h5,7,9,11,14,16H,6,8,10,12-13H2,1-4H3/b7-5+,11-9+/t14-/m0/s1. The molecule has 0 aliphatic carbocycles. The lowest BCUT2D eigenvalue weighted by atomic mass is 10.2. The molecule has 0 aromatic heterocycles. The molecule has 0 aliphatic heterocycles. The Hall–Kier alpha value is -0.873. The summed E-state index contributed by atoms with van der Waals surface area (Å²) in [5, 5.41) is 9.78. The third-order valence-electron chi connectivity index (χ3n) is 2.63. The molecule has 4 heteroatoms. The van der Waals surface area contributed by atoms with E-state index in [1.807, 2.05) is 18.2 Å². The van der Waals surface area contributed by atoms with Gasteiger partial charge in [0.25, 0.3) is 0 Å². The van der Waals surface area contributed by atoms with E-state index in [9.17, 15) is 9.90 Å². The van der Waals surface area contributed by atoms with Crippen molar-refractivity contribution in [2.45, 2.75) is 57.5 Å². The van der Waals surface area contributed by atoms with Gasteiger partial charge < -0.3 is 9.84 Å². The molecule has 3 nitrogen and oxygen atoms in total. The molecule has 0 heterocycles. The predicted octanol–water partition coefficient (Wildman–Crippen LogP) is 3.53. The van der Waals surface area contributed by atoms with Crippen LogP contribution in [0.25, 0.3) is 0 Å². The van der Waals surface area contributed by atoms with Crippen molar-refractivity contribution in [2.75, 3.05) is 7.11 Å². The molecule has 0 amide bonds. The van der Waals surface area contributed by atoms with Crippen molar-refractivity contribution >= 4 is 14.0 Å². The van der Waals surface area contributed by atoms with Gasteiger partial charge in [-0.15, -0.1) is 0 Å². The quantitative estimate of drug-likeness (QED) is 0.305. The second-order valence-electron chi connectivity index (χ2n) is 5.97. The topological polar surface area (TPSA) is 46.5 Å². The monoisotopic (exact) mass is 284 g/mol. The molecule has 0 radical (unpaired) electrons. The smallest absolute Gasteiger partial charge is 0.305 e. The maximum Gasteiger partial charge on any atom is 0.305 e. The Morgan fingerprint density at radius 1 is 1.26 bits per heavy atom. The summed E-state index contributed by atoms with van der Waals surface area (Å²) in [6, 6.07) is 0.899. The van der Waals surface area contributed by atoms with Gasteiger partial charge in [0.05, 0.1) is 13.2 Å². The van der Waals surface area contributed by atoms with Gasteiger partial charge in [-0.3, -0.25) is 4.79 Å². The molecular formula is C15H28O3Si. The molecule has 0 aromatic carbocycles. The Balaban J connectivity index is 3.65. The van der Waals surface area contributed by atoms with Gasteiger partial charge in [-0.2, -0.15) is 0 Å². The minimum Gasteiger partial charge on any atom is -0.469 e. The number of aliphatic hydroxyl groups excluding tert-OH is 1. The fraction of sp³-hybridized carbons (Fsp3) is 0.667. The normalized spacial score (nSPS) is 14.2. The van der Waals surface area contributed by atoms with Crippen LogP contribution in [0, 0.1) is 0 Å². The Morgan fingerprint density at radius 3 is 2.53 bits per heavy atom. The number of ether oxygens (including phenoxy) is 1. The third kappa shape index (κ3) is 13.4. The van der Waals surface area contributed by atoms with Crippen LogP contribution in [-0.4, -0.2) is 32.4 Å². The number of esters is 1. The second kappa shape index (κ2) is 9.98. The van der Waals surface area contributed by atoms with E-state index in [1.165, 1.54) is 7.11 Å². The van der Waals surface area contributed by atoms with Gasteiger partial charge in [-0.25, -0.2) is 0 Å². The zero-order chi connectivity index (χ0) is 14.7. The molecule has 0 fully saturated rings. The Labute approximate surface area is 118 Å². The maximum absolute atomic E-state index is 10.9. The van der Waals surface area contributed by atoms with Crippen molar-refractivity contribution in [3.8, 4) is 0 Å². The van der Waals surface area contributed by atoms with Gasteiger partial charge in [0.15, 0.2) is 0 Å². The summed E-state index contributed by atoms with van der Waals surface area (Å²) < 4.78 is 4.57. The molecule has 0 spiro atoms. The van der Waals surface area contributed by atoms with Gasteiger partial charge >= 0.3 is 5.97 Å². The molecule has 19 heavy (non-hydrogen) atoms. The molecule has 0 aromatic rings. The summed E-state index contributed by atoms with van der Waals surface area (Å²) >= 11 is 0. The van der Waals surface area contributed by atoms with Crippen LogP contribution >= 0.6 is 0 Å². The van der Waals surface area contributed by atoms with E-state index in [1.54, 1.807) is 0 Å². The molecule has 110 valence electrons. The van der Waals surface area contributed by atoms with Crippen LogP contribution in [0.1, 0.15) is 25.7 Å². The first-order valence-electron chi connectivity index (χ1n) is 6.93. The van der Waals surface area contributed by atoms with Crippen molar-refractivity contribution in [2.24, 2.45) is 0 Å². The van der Waals surface area contributed by atoms with E-state index in [-0.39, 0.29) is 12.1 Å². The summed E-state index contributed by atoms with van der Waals surface area (Å²) in [5.41, 5.74) is 0. The highest BCUT2D eigenvalue weighted by Crippen LogP contribution is 2.12. The zero-order valence-electron chi connectivity index (χ0n) is 12.7. The zero-order valence-corrected chi connectivity index (χ0v) is 13.7. The van der Waals surface area contributed by atoms with Crippen molar-refractivity contribution in [3.05, 3.63) is 24.3 Å². The average Bonchev–Trinajstić information content (AvgIpc) is 2.29. The minimum absolute atomic E-state index is 0.140. The van der Waals surface area contributed by atoms with Gasteiger partial charge in [0, 0.05) is 14.5 Å². The number of hydrogen-bond acceptors (Lipinski definition) is 3. The highest BCUT2D eigenvalue weighted by atomic mass is 28.3. The average molecular weight is 284 g/mol. The molecule has 0 rings (SSSR count). The lowest BCUT2D eigenvalue weighted by molar-refractivity contribution is -0.140. The molecule has 0 aliphatic rings. The van der Waals surface area contributed by atoms with E-state index in [0.717, 1.165) is 25.3 Å². The molecule has 1 atom stereocenters. The molecule has 0 unspecified atom stereocenters. The summed E-state index contributed by atoms with van der Waals surface area (Å²) in [4.78, 5) is 10.9. The lowest BCUT2D eigenvalue weighted by Crippen LogP contribution is -2.25. The highest BCUT2D eigenvalue weighted by Gasteiger charge is 2.16. The fourth-order valence-corrected chi connectivity index (χ4v) is 3.09. The maximum atomic E-state index is 10.9. The third-order valence-corrected chi connectivity index (χ3v) is 4.27. The van der Waals surface area contributed by atoms with Gasteiger partial charge in [0.1, 0.15) is 0 Å². The predicted molar refractivity (Wildman–Crippen MR) is 82.9 cm³/mol. The number of aliphatic hydroxyl groups is 1. The van der Waals surface area contributed by atoms with Crippen molar-refractivity contribution in [1.82, 2.24) is 0 Å². The van der Waals surface area contributed by atoms with Crippen LogP contribution in [0.15, 0.2) is 24.3 Å². The molecule has 0 bridgehead atoms. The molecular weight excluding hydrogens is 256 g/mol. The number of methoxy groups -OCH3 is 1. The fourth-order valence-electron chi connectivity index (χ4n) is 1.70. The van der Waals surface area contributed by atoms with E-state index >= 15 is 0 Å². The second-order valence-corrected chi connectivity index (χ2v) is 11.5. The number of rotatable bonds is 9. The van der Waals surface area contributed by atoms with Crippen LogP contribution in [0.5, 0.6) is 0 Å². The van der Waals surface area contributed by atoms with Crippen molar-refractivity contribution in [3.63, 3.8) is 0 Å². The van der Waals surface area contributed by atoms with Crippen molar-refractivity contribution in [1.29, 1.82) is 0 Å². The van der Waals surface area contributed by atoms with Crippen molar-refractivity contribution < 1.29 is 14.6 Å². The summed E-state index contributed by atoms with van der Waals surface area (Å²) in [5.74, 6) is -0.140. The first kappa shape index (κ1) is 18.1.